The van der Waals surface area contributed by atoms with E-state index in [1.54, 1.807) is 16.4 Å². The van der Waals surface area contributed by atoms with E-state index in [1.165, 1.54) is 23.5 Å². The number of halogens is 1. The van der Waals surface area contributed by atoms with E-state index < -0.39 is 10.0 Å². The predicted molar refractivity (Wildman–Crippen MR) is 116 cm³/mol. The fourth-order valence-corrected chi connectivity index (χ4v) is 5.90. The third-order valence-electron chi connectivity index (χ3n) is 5.10. The molecule has 1 aliphatic heterocycles. The molecule has 0 radical (unpaired) electrons. The normalized spacial score (nSPS) is 15.9. The smallest absolute Gasteiger partial charge is 0.218 e. The summed E-state index contributed by atoms with van der Waals surface area (Å²) in [6, 6.07) is 15.8. The molecule has 0 atom stereocenters. The average Bonchev–Trinajstić information content (AvgIpc) is 3.17. The van der Waals surface area contributed by atoms with Crippen molar-refractivity contribution in [1.29, 1.82) is 0 Å². The summed E-state index contributed by atoms with van der Waals surface area (Å²) >= 11 is 1.47. The Kier molecular flexibility index (Phi) is 6.40. The summed E-state index contributed by atoms with van der Waals surface area (Å²) in [7, 11) is -3.31. The Bertz CT molecular complexity index is 1060. The minimum atomic E-state index is -3.31. The first-order valence-corrected chi connectivity index (χ1v) is 12.3. The highest BCUT2D eigenvalue weighted by atomic mass is 32.2. The van der Waals surface area contributed by atoms with Crippen LogP contribution < -0.4 is 5.32 Å². The highest BCUT2D eigenvalue weighted by Crippen LogP contribution is 2.24. The van der Waals surface area contributed by atoms with Gasteiger partial charge < -0.3 is 5.32 Å². The van der Waals surface area contributed by atoms with Gasteiger partial charge in [0.05, 0.1) is 5.75 Å². The van der Waals surface area contributed by atoms with Crippen molar-refractivity contribution in [2.45, 2.75) is 31.1 Å². The monoisotopic (exact) mass is 446 g/mol. The number of nitrogens with zero attached hydrogens (tertiary/aromatic N) is 3. The van der Waals surface area contributed by atoms with Gasteiger partial charge in [0.25, 0.3) is 0 Å². The molecule has 0 aliphatic carbocycles. The molecule has 0 spiro atoms. The Hall–Kier alpha value is -2.36. The molecule has 1 aliphatic rings. The van der Waals surface area contributed by atoms with Crippen molar-refractivity contribution in [1.82, 2.24) is 14.5 Å². The lowest BCUT2D eigenvalue weighted by atomic mass is 10.1. The van der Waals surface area contributed by atoms with E-state index in [9.17, 15) is 12.8 Å². The Morgan fingerprint density at radius 3 is 2.40 bits per heavy atom. The van der Waals surface area contributed by atoms with Gasteiger partial charge in [-0.2, -0.15) is 0 Å². The first-order valence-electron chi connectivity index (χ1n) is 9.83. The van der Waals surface area contributed by atoms with Crippen LogP contribution in [0.25, 0.3) is 0 Å². The van der Waals surface area contributed by atoms with Gasteiger partial charge >= 0.3 is 0 Å². The minimum absolute atomic E-state index is 0.0368. The molecule has 1 fully saturated rings. The summed E-state index contributed by atoms with van der Waals surface area (Å²) in [5.41, 5.74) is 1.79. The SMILES string of the molecule is O=S(=O)(Cc1ccccc1)N1CCC(Nc2nnc(Cc3ccc(F)cc3)s2)CC1. The van der Waals surface area contributed by atoms with Crippen molar-refractivity contribution >= 4 is 26.5 Å². The third kappa shape index (κ3) is 5.41. The maximum Gasteiger partial charge on any atom is 0.218 e. The molecule has 0 saturated carbocycles. The van der Waals surface area contributed by atoms with Crippen LogP contribution in [0.5, 0.6) is 0 Å². The van der Waals surface area contributed by atoms with Crippen molar-refractivity contribution in [3.05, 3.63) is 76.5 Å². The Morgan fingerprint density at radius 2 is 1.70 bits per heavy atom. The Labute approximate surface area is 179 Å². The van der Waals surface area contributed by atoms with Gasteiger partial charge in [-0.15, -0.1) is 10.2 Å². The number of rotatable bonds is 7. The molecule has 2 aromatic carbocycles. The molecule has 3 aromatic rings. The van der Waals surface area contributed by atoms with Gasteiger partial charge in [-0.25, -0.2) is 17.1 Å². The second-order valence-electron chi connectivity index (χ2n) is 7.36. The summed E-state index contributed by atoms with van der Waals surface area (Å²) < 4.78 is 40.0. The summed E-state index contributed by atoms with van der Waals surface area (Å²) in [5.74, 6) is -0.217. The third-order valence-corrected chi connectivity index (χ3v) is 7.81. The molecular weight excluding hydrogens is 423 g/mol. The molecule has 4 rings (SSSR count). The lowest BCUT2D eigenvalue weighted by Crippen LogP contribution is -2.42. The molecule has 0 bridgehead atoms. The van der Waals surface area contributed by atoms with Crippen LogP contribution in [0.1, 0.15) is 29.0 Å². The number of sulfonamides is 1. The van der Waals surface area contributed by atoms with Gasteiger partial charge in [-0.05, 0) is 36.1 Å². The van der Waals surface area contributed by atoms with Crippen molar-refractivity contribution in [2.75, 3.05) is 18.4 Å². The van der Waals surface area contributed by atoms with Crippen LogP contribution in [0.4, 0.5) is 9.52 Å². The number of benzene rings is 2. The largest absolute Gasteiger partial charge is 0.357 e. The van der Waals surface area contributed by atoms with Crippen molar-refractivity contribution in [2.24, 2.45) is 0 Å². The number of hydrogen-bond acceptors (Lipinski definition) is 6. The first-order chi connectivity index (χ1) is 14.5. The van der Waals surface area contributed by atoms with Gasteiger partial charge in [0.2, 0.25) is 15.2 Å². The topological polar surface area (TPSA) is 75.2 Å². The maximum absolute atomic E-state index is 13.0. The molecule has 9 heteroatoms. The molecule has 2 heterocycles. The van der Waals surface area contributed by atoms with Gasteiger partial charge in [0.1, 0.15) is 10.8 Å². The van der Waals surface area contributed by atoms with Crippen molar-refractivity contribution < 1.29 is 12.8 Å². The second kappa shape index (κ2) is 9.20. The number of aromatic nitrogens is 2. The van der Waals surface area contributed by atoms with Crippen LogP contribution in [0.15, 0.2) is 54.6 Å². The van der Waals surface area contributed by atoms with E-state index in [4.69, 9.17) is 0 Å². The van der Waals surface area contributed by atoms with Crippen LogP contribution in [0.3, 0.4) is 0 Å². The number of nitrogens with one attached hydrogen (secondary N) is 1. The lowest BCUT2D eigenvalue weighted by molar-refractivity contribution is 0.329. The minimum Gasteiger partial charge on any atom is -0.357 e. The average molecular weight is 447 g/mol. The molecule has 0 amide bonds. The molecule has 1 N–H and O–H groups in total. The standard InChI is InChI=1S/C21H23FN4O2S2/c22-18-8-6-16(7-9-18)14-20-24-25-21(29-20)23-19-10-12-26(13-11-19)30(27,28)15-17-4-2-1-3-5-17/h1-9,19H,10-15H2,(H,23,25). The maximum atomic E-state index is 13.0. The van der Waals surface area contributed by atoms with Crippen molar-refractivity contribution in [3.63, 3.8) is 0 Å². The van der Waals surface area contributed by atoms with Gasteiger partial charge in [-0.3, -0.25) is 0 Å². The molecule has 6 nitrogen and oxygen atoms in total. The predicted octanol–water partition coefficient (Wildman–Crippen LogP) is 3.67. The van der Waals surface area contributed by atoms with E-state index in [-0.39, 0.29) is 17.6 Å². The van der Waals surface area contributed by atoms with Crippen LogP contribution in [0, 0.1) is 5.82 Å². The van der Waals surface area contributed by atoms with Crippen LogP contribution in [0.2, 0.25) is 0 Å². The second-order valence-corrected chi connectivity index (χ2v) is 10.4. The molecule has 1 aromatic heterocycles. The first kappa shape index (κ1) is 20.9. The molecule has 158 valence electrons. The Balaban J connectivity index is 1.29. The lowest BCUT2D eigenvalue weighted by Gasteiger charge is -2.31. The molecular formula is C21H23FN4O2S2. The number of anilines is 1. The summed E-state index contributed by atoms with van der Waals surface area (Å²) in [6.45, 7) is 0.988. The van der Waals surface area contributed by atoms with E-state index in [0.717, 1.165) is 34.1 Å². The summed E-state index contributed by atoms with van der Waals surface area (Å²) in [5, 5.41) is 13.4. The number of piperidine rings is 1. The summed E-state index contributed by atoms with van der Waals surface area (Å²) in [6.07, 6.45) is 2.05. The van der Waals surface area contributed by atoms with Crippen LogP contribution >= 0.6 is 11.3 Å². The zero-order chi connectivity index (χ0) is 21.0. The fourth-order valence-electron chi connectivity index (χ4n) is 3.49. The van der Waals surface area contributed by atoms with E-state index in [0.29, 0.717) is 19.5 Å². The zero-order valence-corrected chi connectivity index (χ0v) is 18.0. The van der Waals surface area contributed by atoms with Crippen molar-refractivity contribution in [3.8, 4) is 0 Å². The Morgan fingerprint density at radius 1 is 1.00 bits per heavy atom. The van der Waals surface area contributed by atoms with E-state index in [2.05, 4.69) is 15.5 Å². The molecule has 0 unspecified atom stereocenters. The quantitative estimate of drug-likeness (QED) is 0.599. The fraction of sp³-hybridized carbons (Fsp3) is 0.333. The van der Waals surface area contributed by atoms with Gasteiger partial charge in [0.15, 0.2) is 0 Å². The van der Waals surface area contributed by atoms with E-state index in [1.807, 2.05) is 30.3 Å². The zero-order valence-electron chi connectivity index (χ0n) is 16.4. The van der Waals surface area contributed by atoms with Crippen LogP contribution in [-0.2, 0) is 22.2 Å². The van der Waals surface area contributed by atoms with Gasteiger partial charge in [-0.1, -0.05) is 53.8 Å². The van der Waals surface area contributed by atoms with Crippen LogP contribution in [-0.4, -0.2) is 42.1 Å². The highest BCUT2D eigenvalue weighted by molar-refractivity contribution is 7.88. The summed E-state index contributed by atoms with van der Waals surface area (Å²) in [4.78, 5) is 0. The number of hydrogen-bond donors (Lipinski definition) is 1. The van der Waals surface area contributed by atoms with Gasteiger partial charge in [0, 0.05) is 25.6 Å². The van der Waals surface area contributed by atoms with E-state index >= 15 is 0 Å². The molecule has 1 saturated heterocycles. The highest BCUT2D eigenvalue weighted by Gasteiger charge is 2.28. The molecule has 30 heavy (non-hydrogen) atoms.